The van der Waals surface area contributed by atoms with E-state index in [2.05, 4.69) is 4.98 Å². The van der Waals surface area contributed by atoms with Gasteiger partial charge >= 0.3 is 5.69 Å². The Kier molecular flexibility index (Phi) is 1.00. The highest BCUT2D eigenvalue weighted by molar-refractivity contribution is 5.30. The summed E-state index contributed by atoms with van der Waals surface area (Å²) in [7, 11) is 0. The molecule has 0 amide bonds. The van der Waals surface area contributed by atoms with Gasteiger partial charge in [0.2, 0.25) is 5.71 Å². The third-order valence-corrected chi connectivity index (χ3v) is 1.34. The number of H-pyrrole nitrogens is 1. The van der Waals surface area contributed by atoms with Crippen LogP contribution < -0.4 is 11.2 Å². The summed E-state index contributed by atoms with van der Waals surface area (Å²) in [5.41, 5.74) is -0.690. The fourth-order valence-electron chi connectivity index (χ4n) is 0.876. The summed E-state index contributed by atoms with van der Waals surface area (Å²) in [6.07, 6.45) is 2.78. The maximum absolute atomic E-state index is 10.9. The van der Waals surface area contributed by atoms with Gasteiger partial charge in [0.05, 0.1) is 12.3 Å². The Morgan fingerprint density at radius 3 is 3.09 bits per heavy atom. The average molecular weight is 152 g/mol. The van der Waals surface area contributed by atoms with E-state index >= 15 is 0 Å². The molecule has 0 aliphatic carbocycles. The quantitative estimate of drug-likeness (QED) is 0.557. The van der Waals surface area contributed by atoms with Crippen molar-refractivity contribution in [3.63, 3.8) is 0 Å². The SMILES string of the molecule is O=c1cc2occn2c(=O)[nH]1. The standard InChI is InChI=1S/C6H4N2O3/c9-4-3-5-8(1-2-11-5)6(10)7-4/h1-3H,(H,7,9,10). The van der Waals surface area contributed by atoms with E-state index in [9.17, 15) is 9.59 Å². The van der Waals surface area contributed by atoms with Gasteiger partial charge in [-0.25, -0.2) is 9.20 Å². The summed E-state index contributed by atoms with van der Waals surface area (Å²) in [6, 6.07) is 1.21. The molecule has 0 aliphatic rings. The molecule has 0 atom stereocenters. The predicted molar refractivity (Wildman–Crippen MR) is 36.6 cm³/mol. The largest absolute Gasteiger partial charge is 0.446 e. The fraction of sp³-hybridized carbons (Fsp3) is 0. The molecule has 11 heavy (non-hydrogen) atoms. The Labute approximate surface area is 59.9 Å². The summed E-state index contributed by atoms with van der Waals surface area (Å²) in [6.45, 7) is 0. The van der Waals surface area contributed by atoms with Gasteiger partial charge in [0.1, 0.15) is 6.26 Å². The van der Waals surface area contributed by atoms with Crippen LogP contribution in [0.4, 0.5) is 0 Å². The lowest BCUT2D eigenvalue weighted by Gasteiger charge is -1.85. The zero-order valence-corrected chi connectivity index (χ0v) is 5.40. The Morgan fingerprint density at radius 2 is 2.27 bits per heavy atom. The van der Waals surface area contributed by atoms with Gasteiger partial charge in [-0.15, -0.1) is 0 Å². The Balaban J connectivity index is 3.15. The van der Waals surface area contributed by atoms with Gasteiger partial charge in [-0.05, 0) is 0 Å². The van der Waals surface area contributed by atoms with Gasteiger partial charge in [-0.2, -0.15) is 0 Å². The molecule has 56 valence electrons. The van der Waals surface area contributed by atoms with Crippen LogP contribution >= 0.6 is 0 Å². The number of rotatable bonds is 0. The summed E-state index contributed by atoms with van der Waals surface area (Å²) >= 11 is 0. The van der Waals surface area contributed by atoms with E-state index in [1.54, 1.807) is 0 Å². The molecule has 0 aliphatic heterocycles. The van der Waals surface area contributed by atoms with Crippen molar-refractivity contribution < 1.29 is 4.42 Å². The lowest BCUT2D eigenvalue weighted by atomic mass is 10.6. The van der Waals surface area contributed by atoms with E-state index in [1.807, 2.05) is 0 Å². The maximum Gasteiger partial charge on any atom is 0.335 e. The van der Waals surface area contributed by atoms with Crippen LogP contribution in [-0.2, 0) is 0 Å². The third kappa shape index (κ3) is 0.778. The second-order valence-electron chi connectivity index (χ2n) is 2.05. The number of hydrogen-bond donors (Lipinski definition) is 1. The van der Waals surface area contributed by atoms with E-state index in [-0.39, 0.29) is 5.71 Å². The van der Waals surface area contributed by atoms with Gasteiger partial charge in [0.15, 0.2) is 0 Å². The zero-order chi connectivity index (χ0) is 7.84. The van der Waals surface area contributed by atoms with Crippen molar-refractivity contribution in [3.05, 3.63) is 39.4 Å². The van der Waals surface area contributed by atoms with Crippen LogP contribution in [0.3, 0.4) is 0 Å². The van der Waals surface area contributed by atoms with Gasteiger partial charge < -0.3 is 4.42 Å². The molecule has 2 aromatic rings. The molecule has 0 fully saturated rings. The molecule has 0 unspecified atom stereocenters. The Bertz CT molecular complexity index is 490. The highest BCUT2D eigenvalue weighted by Gasteiger charge is 1.97. The van der Waals surface area contributed by atoms with Crippen LogP contribution in [0.5, 0.6) is 0 Å². The van der Waals surface area contributed by atoms with Crippen LogP contribution in [0.2, 0.25) is 0 Å². The van der Waals surface area contributed by atoms with Crippen molar-refractivity contribution in [2.24, 2.45) is 0 Å². The Hall–Kier alpha value is -1.78. The molecule has 5 heteroatoms. The summed E-state index contributed by atoms with van der Waals surface area (Å²) in [5.74, 6) is 0. The van der Waals surface area contributed by atoms with Crippen LogP contribution in [0, 0.1) is 0 Å². The number of fused-ring (bicyclic) bond motifs is 1. The lowest BCUT2D eigenvalue weighted by Crippen LogP contribution is -2.23. The summed E-state index contributed by atoms with van der Waals surface area (Å²) in [5, 5.41) is 0. The van der Waals surface area contributed by atoms with E-state index in [4.69, 9.17) is 4.42 Å². The van der Waals surface area contributed by atoms with Gasteiger partial charge in [-0.1, -0.05) is 0 Å². The van der Waals surface area contributed by atoms with Crippen molar-refractivity contribution in [2.45, 2.75) is 0 Å². The molecular weight excluding hydrogens is 148 g/mol. The van der Waals surface area contributed by atoms with Crippen molar-refractivity contribution in [1.29, 1.82) is 0 Å². The van der Waals surface area contributed by atoms with Crippen LogP contribution in [0.1, 0.15) is 0 Å². The summed E-state index contributed by atoms with van der Waals surface area (Å²) < 4.78 is 6.03. The fourth-order valence-corrected chi connectivity index (χ4v) is 0.876. The highest BCUT2D eigenvalue weighted by atomic mass is 16.3. The molecular formula is C6H4N2O3. The van der Waals surface area contributed by atoms with Crippen LogP contribution in [-0.4, -0.2) is 9.38 Å². The molecule has 0 spiro atoms. The number of nitrogens with zero attached hydrogens (tertiary/aromatic N) is 1. The first-order valence-electron chi connectivity index (χ1n) is 2.96. The van der Waals surface area contributed by atoms with Crippen LogP contribution in [0.15, 0.2) is 32.5 Å². The van der Waals surface area contributed by atoms with Crippen molar-refractivity contribution in [2.75, 3.05) is 0 Å². The first kappa shape index (κ1) is 5.96. The molecule has 0 radical (unpaired) electrons. The third-order valence-electron chi connectivity index (χ3n) is 1.34. The number of hydrogen-bond acceptors (Lipinski definition) is 3. The normalized spacial score (nSPS) is 10.5. The molecule has 2 aromatic heterocycles. The topological polar surface area (TPSA) is 67.5 Å². The van der Waals surface area contributed by atoms with E-state index < -0.39 is 11.2 Å². The number of aromatic amines is 1. The lowest BCUT2D eigenvalue weighted by molar-refractivity contribution is 0.603. The minimum Gasteiger partial charge on any atom is -0.446 e. The molecule has 0 bridgehead atoms. The Morgan fingerprint density at radius 1 is 1.45 bits per heavy atom. The molecule has 5 nitrogen and oxygen atoms in total. The maximum atomic E-state index is 10.9. The summed E-state index contributed by atoms with van der Waals surface area (Å²) in [4.78, 5) is 23.7. The molecule has 1 N–H and O–H groups in total. The van der Waals surface area contributed by atoms with Crippen molar-refractivity contribution >= 4 is 5.71 Å². The first-order valence-corrected chi connectivity index (χ1v) is 2.96. The second-order valence-corrected chi connectivity index (χ2v) is 2.05. The van der Waals surface area contributed by atoms with Crippen molar-refractivity contribution in [1.82, 2.24) is 9.38 Å². The first-order chi connectivity index (χ1) is 5.27. The van der Waals surface area contributed by atoms with E-state index in [1.165, 1.54) is 22.9 Å². The zero-order valence-electron chi connectivity index (χ0n) is 5.40. The van der Waals surface area contributed by atoms with Crippen molar-refractivity contribution in [3.8, 4) is 0 Å². The van der Waals surface area contributed by atoms with E-state index in [0.29, 0.717) is 0 Å². The average Bonchev–Trinajstić information content (AvgIpc) is 2.34. The molecule has 2 rings (SSSR count). The molecule has 0 saturated heterocycles. The second kappa shape index (κ2) is 1.85. The highest BCUT2D eigenvalue weighted by Crippen LogP contribution is 1.94. The monoisotopic (exact) mass is 152 g/mol. The van der Waals surface area contributed by atoms with Crippen LogP contribution in [0.25, 0.3) is 5.71 Å². The molecule has 0 aromatic carbocycles. The minimum atomic E-state index is -0.485. The van der Waals surface area contributed by atoms with E-state index in [0.717, 1.165) is 0 Å². The number of aromatic nitrogens is 2. The van der Waals surface area contributed by atoms with Gasteiger partial charge in [0.25, 0.3) is 5.56 Å². The molecule has 2 heterocycles. The van der Waals surface area contributed by atoms with Gasteiger partial charge in [-0.3, -0.25) is 9.78 Å². The molecule has 0 saturated carbocycles. The van der Waals surface area contributed by atoms with Gasteiger partial charge in [0, 0.05) is 0 Å². The predicted octanol–water partition coefficient (Wildman–Crippen LogP) is -0.419. The number of oxazole rings is 1. The number of nitrogens with one attached hydrogen (secondary N) is 1. The smallest absolute Gasteiger partial charge is 0.335 e. The minimum absolute atomic E-state index is 0.249.